The quantitative estimate of drug-likeness (QED) is 0.808. The van der Waals surface area contributed by atoms with Crippen LogP contribution in [0.25, 0.3) is 0 Å². The Morgan fingerprint density at radius 1 is 1.26 bits per heavy atom. The molecule has 0 saturated carbocycles. The van der Waals surface area contributed by atoms with Gasteiger partial charge in [-0.2, -0.15) is 0 Å². The average molecular weight is 397 g/mol. The first-order chi connectivity index (χ1) is 12.8. The second-order valence-corrected chi connectivity index (χ2v) is 7.10. The molecule has 1 aromatic carbocycles. The molecular formula is C18H21ClN2O6. The SMILES string of the molecule is COc1ccc(Cl)cc1N1CC(C(=O)N2CC(OC)CC2C(=O)O)CC1=O. The fraction of sp³-hybridized carbons (Fsp3) is 0.500. The minimum atomic E-state index is -1.07. The van der Waals surface area contributed by atoms with E-state index in [1.165, 1.54) is 24.0 Å². The van der Waals surface area contributed by atoms with Gasteiger partial charge in [0.25, 0.3) is 0 Å². The van der Waals surface area contributed by atoms with Gasteiger partial charge < -0.3 is 24.4 Å². The van der Waals surface area contributed by atoms with Crippen LogP contribution in [0.15, 0.2) is 18.2 Å². The van der Waals surface area contributed by atoms with E-state index < -0.39 is 17.9 Å². The summed E-state index contributed by atoms with van der Waals surface area (Å²) in [5.41, 5.74) is 0.497. The molecule has 0 spiro atoms. The lowest BCUT2D eigenvalue weighted by atomic mass is 10.1. The summed E-state index contributed by atoms with van der Waals surface area (Å²) in [5, 5.41) is 9.86. The monoisotopic (exact) mass is 396 g/mol. The first kappa shape index (κ1) is 19.4. The van der Waals surface area contributed by atoms with Crippen LogP contribution in [0.4, 0.5) is 5.69 Å². The number of hydrogen-bond acceptors (Lipinski definition) is 5. The zero-order valence-corrected chi connectivity index (χ0v) is 15.8. The number of carboxylic acids is 1. The van der Waals surface area contributed by atoms with Crippen LogP contribution in [0.1, 0.15) is 12.8 Å². The fourth-order valence-electron chi connectivity index (χ4n) is 3.66. The highest BCUT2D eigenvalue weighted by atomic mass is 35.5. The van der Waals surface area contributed by atoms with Crippen molar-refractivity contribution in [3.05, 3.63) is 23.2 Å². The van der Waals surface area contributed by atoms with E-state index in [4.69, 9.17) is 21.1 Å². The summed E-state index contributed by atoms with van der Waals surface area (Å²) in [6.45, 7) is 0.354. The van der Waals surface area contributed by atoms with Gasteiger partial charge in [-0.05, 0) is 18.2 Å². The second-order valence-electron chi connectivity index (χ2n) is 6.66. The third-order valence-electron chi connectivity index (χ3n) is 5.07. The third-order valence-corrected chi connectivity index (χ3v) is 5.31. The average Bonchev–Trinajstić information content (AvgIpc) is 3.25. The maximum atomic E-state index is 12.9. The maximum absolute atomic E-state index is 12.9. The maximum Gasteiger partial charge on any atom is 0.326 e. The topological polar surface area (TPSA) is 96.4 Å². The van der Waals surface area contributed by atoms with Gasteiger partial charge in [-0.15, -0.1) is 0 Å². The lowest BCUT2D eigenvalue weighted by Gasteiger charge is -2.25. The zero-order chi connectivity index (χ0) is 19.7. The van der Waals surface area contributed by atoms with Crippen molar-refractivity contribution < 1.29 is 29.0 Å². The van der Waals surface area contributed by atoms with Crippen molar-refractivity contribution in [3.63, 3.8) is 0 Å². The highest BCUT2D eigenvalue weighted by Crippen LogP contribution is 2.36. The minimum Gasteiger partial charge on any atom is -0.495 e. The number of hydrogen-bond donors (Lipinski definition) is 1. The number of halogens is 1. The van der Waals surface area contributed by atoms with Gasteiger partial charge in [0.15, 0.2) is 0 Å². The van der Waals surface area contributed by atoms with Gasteiger partial charge in [-0.1, -0.05) is 11.6 Å². The van der Waals surface area contributed by atoms with Crippen molar-refractivity contribution in [1.82, 2.24) is 4.90 Å². The number of nitrogens with zero attached hydrogens (tertiary/aromatic N) is 2. The molecule has 0 radical (unpaired) electrons. The number of ether oxygens (including phenoxy) is 2. The molecule has 2 aliphatic rings. The van der Waals surface area contributed by atoms with Crippen LogP contribution in [0.3, 0.4) is 0 Å². The van der Waals surface area contributed by atoms with Gasteiger partial charge in [0.2, 0.25) is 11.8 Å². The minimum absolute atomic E-state index is 0.00892. The molecule has 0 bridgehead atoms. The molecule has 1 aromatic rings. The largest absolute Gasteiger partial charge is 0.495 e. The second kappa shape index (κ2) is 7.74. The molecule has 2 saturated heterocycles. The Hall–Kier alpha value is -2.32. The van der Waals surface area contributed by atoms with Crippen molar-refractivity contribution in [2.24, 2.45) is 5.92 Å². The Labute approximate surface area is 161 Å². The first-order valence-corrected chi connectivity index (χ1v) is 8.93. The van der Waals surface area contributed by atoms with E-state index in [2.05, 4.69) is 0 Å². The Bertz CT molecular complexity index is 770. The number of methoxy groups -OCH3 is 2. The van der Waals surface area contributed by atoms with Gasteiger partial charge in [0, 0.05) is 38.1 Å². The summed E-state index contributed by atoms with van der Waals surface area (Å²) in [4.78, 5) is 39.8. The van der Waals surface area contributed by atoms with Crippen LogP contribution < -0.4 is 9.64 Å². The summed E-state index contributed by atoms with van der Waals surface area (Å²) in [7, 11) is 2.98. The molecule has 2 fully saturated rings. The van der Waals surface area contributed by atoms with E-state index in [9.17, 15) is 19.5 Å². The highest BCUT2D eigenvalue weighted by Gasteiger charge is 2.45. The van der Waals surface area contributed by atoms with E-state index in [0.29, 0.717) is 16.5 Å². The Kier molecular flexibility index (Phi) is 5.57. The van der Waals surface area contributed by atoms with Crippen molar-refractivity contribution >= 4 is 35.1 Å². The summed E-state index contributed by atoms with van der Waals surface area (Å²) < 4.78 is 10.5. The molecule has 0 aromatic heterocycles. The van der Waals surface area contributed by atoms with Gasteiger partial charge >= 0.3 is 5.97 Å². The summed E-state index contributed by atoms with van der Waals surface area (Å²) in [6.07, 6.45) is -0.0738. The molecule has 3 unspecified atom stereocenters. The van der Waals surface area contributed by atoms with Gasteiger partial charge in [-0.25, -0.2) is 4.79 Å². The van der Waals surface area contributed by atoms with Crippen LogP contribution in [0, 0.1) is 5.92 Å². The molecule has 27 heavy (non-hydrogen) atoms. The number of benzene rings is 1. The molecule has 1 N–H and O–H groups in total. The molecule has 3 atom stereocenters. The first-order valence-electron chi connectivity index (χ1n) is 8.55. The molecule has 0 aliphatic carbocycles. The lowest BCUT2D eigenvalue weighted by molar-refractivity contribution is -0.149. The van der Waals surface area contributed by atoms with Crippen molar-refractivity contribution in [3.8, 4) is 5.75 Å². The number of anilines is 1. The van der Waals surface area contributed by atoms with Crippen molar-refractivity contribution in [2.75, 3.05) is 32.2 Å². The standard InChI is InChI=1S/C18H21ClN2O6/c1-26-12-7-14(18(24)25)21(9-12)17(23)10-5-16(22)20(8-10)13-6-11(19)3-4-15(13)27-2/h3-4,6,10,12,14H,5,7-9H2,1-2H3,(H,24,25). The summed E-state index contributed by atoms with van der Waals surface area (Å²) in [6, 6.07) is 3.98. The van der Waals surface area contributed by atoms with E-state index in [-0.39, 0.29) is 43.8 Å². The molecule has 3 rings (SSSR count). The predicted octanol–water partition coefficient (Wildman–Crippen LogP) is 1.40. The normalized spacial score (nSPS) is 25.1. The van der Waals surface area contributed by atoms with E-state index in [0.717, 1.165) is 0 Å². The molecule has 8 nitrogen and oxygen atoms in total. The van der Waals surface area contributed by atoms with Gasteiger partial charge in [0.1, 0.15) is 11.8 Å². The number of carbonyl (C=O) groups is 3. The van der Waals surface area contributed by atoms with Crippen molar-refractivity contribution in [1.29, 1.82) is 0 Å². The summed E-state index contributed by atoms with van der Waals surface area (Å²) in [5.74, 6) is -1.80. The van der Waals surface area contributed by atoms with Crippen molar-refractivity contribution in [2.45, 2.75) is 25.0 Å². The van der Waals surface area contributed by atoms with Gasteiger partial charge in [-0.3, -0.25) is 9.59 Å². The molecular weight excluding hydrogens is 376 g/mol. The molecule has 146 valence electrons. The number of rotatable bonds is 5. The smallest absolute Gasteiger partial charge is 0.326 e. The van der Waals surface area contributed by atoms with Crippen LogP contribution in [0.2, 0.25) is 5.02 Å². The molecule has 9 heteroatoms. The molecule has 2 heterocycles. The van der Waals surface area contributed by atoms with E-state index in [1.807, 2.05) is 0 Å². The predicted molar refractivity (Wildman–Crippen MR) is 97.0 cm³/mol. The van der Waals surface area contributed by atoms with Crippen LogP contribution in [0.5, 0.6) is 5.75 Å². The van der Waals surface area contributed by atoms with E-state index in [1.54, 1.807) is 18.2 Å². The van der Waals surface area contributed by atoms with Crippen LogP contribution in [-0.2, 0) is 19.1 Å². The van der Waals surface area contributed by atoms with Crippen LogP contribution >= 0.6 is 11.6 Å². The number of likely N-dealkylation sites (tertiary alicyclic amines) is 1. The zero-order valence-electron chi connectivity index (χ0n) is 15.1. The van der Waals surface area contributed by atoms with Gasteiger partial charge in [0.05, 0.1) is 24.8 Å². The molecule has 2 amide bonds. The number of amides is 2. The number of carboxylic acid groups (broad SMARTS) is 1. The Morgan fingerprint density at radius 3 is 2.63 bits per heavy atom. The fourth-order valence-corrected chi connectivity index (χ4v) is 3.83. The summed E-state index contributed by atoms with van der Waals surface area (Å²) >= 11 is 6.04. The van der Waals surface area contributed by atoms with E-state index >= 15 is 0 Å². The number of carbonyl (C=O) groups excluding carboxylic acids is 2. The highest BCUT2D eigenvalue weighted by molar-refractivity contribution is 6.31. The Morgan fingerprint density at radius 2 is 2.00 bits per heavy atom. The number of aliphatic carboxylic acids is 1. The third kappa shape index (κ3) is 3.72. The Balaban J connectivity index is 1.80. The lowest BCUT2D eigenvalue weighted by Crippen LogP contribution is -2.44. The van der Waals surface area contributed by atoms with Crippen LogP contribution in [-0.4, -0.2) is 67.2 Å². The molecule has 2 aliphatic heterocycles.